The van der Waals surface area contributed by atoms with Crippen LogP contribution in [0.2, 0.25) is 5.02 Å². The molecule has 18 heavy (non-hydrogen) atoms. The lowest BCUT2D eigenvalue weighted by Crippen LogP contribution is -2.33. The van der Waals surface area contributed by atoms with Crippen molar-refractivity contribution in [3.8, 4) is 0 Å². The summed E-state index contributed by atoms with van der Waals surface area (Å²) in [5.74, 6) is -0.523. The van der Waals surface area contributed by atoms with E-state index in [1.54, 1.807) is 11.0 Å². The molecule has 98 valence electrons. The van der Waals surface area contributed by atoms with Crippen molar-refractivity contribution in [2.24, 2.45) is 5.92 Å². The highest BCUT2D eigenvalue weighted by Crippen LogP contribution is 2.23. The van der Waals surface area contributed by atoms with Gasteiger partial charge in [0.25, 0.3) is 0 Å². The predicted octanol–water partition coefficient (Wildman–Crippen LogP) is 2.33. The largest absolute Gasteiger partial charge is 0.396 e. The van der Waals surface area contributed by atoms with Gasteiger partial charge in [-0.25, -0.2) is 9.18 Å². The van der Waals surface area contributed by atoms with Crippen LogP contribution in [0, 0.1) is 11.7 Å². The number of urea groups is 1. The van der Waals surface area contributed by atoms with Crippen LogP contribution < -0.4 is 5.32 Å². The molecule has 1 aliphatic heterocycles. The third-order valence-electron chi connectivity index (χ3n) is 3.02. The monoisotopic (exact) mass is 272 g/mol. The number of hydrogen-bond acceptors (Lipinski definition) is 2. The summed E-state index contributed by atoms with van der Waals surface area (Å²) in [6, 6.07) is 4.08. The van der Waals surface area contributed by atoms with Crippen molar-refractivity contribution < 1.29 is 14.3 Å². The summed E-state index contributed by atoms with van der Waals surface area (Å²) in [6.45, 7) is 1.12. The average molecular weight is 273 g/mol. The summed E-state index contributed by atoms with van der Waals surface area (Å²) in [7, 11) is 0. The Morgan fingerprint density at radius 2 is 2.39 bits per heavy atom. The van der Waals surface area contributed by atoms with Gasteiger partial charge in [-0.15, -0.1) is 0 Å². The standard InChI is InChI=1S/C12H14ClFN2O2/c13-9-2-1-3-10(11(9)14)15-12(18)16-5-4-8(6-16)7-17/h1-3,8,17H,4-7H2,(H,15,18). The van der Waals surface area contributed by atoms with E-state index in [-0.39, 0.29) is 29.3 Å². The third kappa shape index (κ3) is 2.73. The van der Waals surface area contributed by atoms with Crippen LogP contribution in [0.25, 0.3) is 0 Å². The number of benzene rings is 1. The van der Waals surface area contributed by atoms with Gasteiger partial charge in [-0.2, -0.15) is 0 Å². The normalized spacial score (nSPS) is 19.1. The number of aliphatic hydroxyl groups excluding tert-OH is 1. The summed E-state index contributed by atoms with van der Waals surface area (Å²) in [5.41, 5.74) is 0.0694. The van der Waals surface area contributed by atoms with Gasteiger partial charge in [0, 0.05) is 25.6 Å². The SMILES string of the molecule is O=C(Nc1cccc(Cl)c1F)N1CCC(CO)C1. The number of halogens is 2. The number of nitrogens with one attached hydrogen (secondary N) is 1. The van der Waals surface area contributed by atoms with Gasteiger partial charge in [0.05, 0.1) is 10.7 Å². The van der Waals surface area contributed by atoms with E-state index in [1.165, 1.54) is 12.1 Å². The molecule has 0 aliphatic carbocycles. The fourth-order valence-corrected chi connectivity index (χ4v) is 2.14. The van der Waals surface area contributed by atoms with E-state index < -0.39 is 5.82 Å². The predicted molar refractivity (Wildman–Crippen MR) is 67.2 cm³/mol. The number of carbonyl (C=O) groups excluding carboxylic acids is 1. The van der Waals surface area contributed by atoms with E-state index in [0.29, 0.717) is 13.1 Å². The van der Waals surface area contributed by atoms with E-state index in [1.807, 2.05) is 0 Å². The molecular weight excluding hydrogens is 259 g/mol. The molecule has 4 nitrogen and oxygen atoms in total. The minimum atomic E-state index is -0.634. The van der Waals surface area contributed by atoms with Gasteiger partial charge in [0.1, 0.15) is 0 Å². The van der Waals surface area contributed by atoms with Crippen molar-refractivity contribution in [2.45, 2.75) is 6.42 Å². The number of amides is 2. The summed E-state index contributed by atoms with van der Waals surface area (Å²) in [5, 5.41) is 11.5. The Labute approximate surface area is 109 Å². The maximum atomic E-state index is 13.6. The quantitative estimate of drug-likeness (QED) is 0.868. The highest BCUT2D eigenvalue weighted by Gasteiger charge is 2.26. The molecule has 2 rings (SSSR count). The number of aliphatic hydroxyl groups is 1. The van der Waals surface area contributed by atoms with Gasteiger partial charge >= 0.3 is 6.03 Å². The van der Waals surface area contributed by atoms with Crippen LogP contribution in [0.3, 0.4) is 0 Å². The second-order valence-corrected chi connectivity index (χ2v) is 4.72. The fraction of sp³-hybridized carbons (Fsp3) is 0.417. The molecule has 1 saturated heterocycles. The Hall–Kier alpha value is -1.33. The van der Waals surface area contributed by atoms with Crippen LogP contribution in [0.15, 0.2) is 18.2 Å². The Kier molecular flexibility index (Phi) is 4.04. The van der Waals surface area contributed by atoms with Gasteiger partial charge in [0.15, 0.2) is 5.82 Å². The van der Waals surface area contributed by atoms with Gasteiger partial charge in [-0.3, -0.25) is 0 Å². The van der Waals surface area contributed by atoms with Crippen molar-refractivity contribution in [2.75, 3.05) is 25.0 Å². The second kappa shape index (κ2) is 5.54. The van der Waals surface area contributed by atoms with Crippen LogP contribution >= 0.6 is 11.6 Å². The lowest BCUT2D eigenvalue weighted by Gasteiger charge is -2.17. The Bertz CT molecular complexity index is 456. The molecular formula is C12H14ClFN2O2. The van der Waals surface area contributed by atoms with Crippen molar-refractivity contribution in [1.82, 2.24) is 4.90 Å². The van der Waals surface area contributed by atoms with Crippen LogP contribution in [-0.2, 0) is 0 Å². The lowest BCUT2D eigenvalue weighted by atomic mass is 10.1. The maximum Gasteiger partial charge on any atom is 0.321 e. The molecule has 6 heteroatoms. The Morgan fingerprint density at radius 1 is 1.61 bits per heavy atom. The molecule has 1 aromatic rings. The van der Waals surface area contributed by atoms with E-state index in [2.05, 4.69) is 5.32 Å². The first kappa shape index (κ1) is 13.1. The maximum absolute atomic E-state index is 13.6. The zero-order valence-corrected chi connectivity index (χ0v) is 10.5. The molecule has 1 fully saturated rings. The van der Waals surface area contributed by atoms with Crippen LogP contribution in [-0.4, -0.2) is 35.7 Å². The molecule has 2 amide bonds. The summed E-state index contributed by atoms with van der Waals surface area (Å²) >= 11 is 5.63. The minimum absolute atomic E-state index is 0.0255. The minimum Gasteiger partial charge on any atom is -0.396 e. The molecule has 2 N–H and O–H groups in total. The first-order valence-electron chi connectivity index (χ1n) is 5.72. The topological polar surface area (TPSA) is 52.6 Å². The molecule has 0 saturated carbocycles. The first-order valence-corrected chi connectivity index (χ1v) is 6.10. The second-order valence-electron chi connectivity index (χ2n) is 4.31. The number of anilines is 1. The van der Waals surface area contributed by atoms with Gasteiger partial charge in [-0.05, 0) is 18.6 Å². The summed E-state index contributed by atoms with van der Waals surface area (Å²) in [4.78, 5) is 13.4. The Balaban J connectivity index is 2.01. The van der Waals surface area contributed by atoms with Crippen LogP contribution in [0.4, 0.5) is 14.9 Å². The molecule has 0 aromatic heterocycles. The molecule has 1 aromatic carbocycles. The van der Waals surface area contributed by atoms with E-state index in [0.717, 1.165) is 6.42 Å². The van der Waals surface area contributed by atoms with Crippen LogP contribution in [0.5, 0.6) is 0 Å². The van der Waals surface area contributed by atoms with E-state index in [9.17, 15) is 9.18 Å². The van der Waals surface area contributed by atoms with Crippen molar-refractivity contribution in [3.63, 3.8) is 0 Å². The molecule has 0 bridgehead atoms. The smallest absolute Gasteiger partial charge is 0.321 e. The highest BCUT2D eigenvalue weighted by molar-refractivity contribution is 6.31. The van der Waals surface area contributed by atoms with Gasteiger partial charge in [-0.1, -0.05) is 17.7 Å². The summed E-state index contributed by atoms with van der Waals surface area (Å²) < 4.78 is 13.6. The zero-order chi connectivity index (χ0) is 13.1. The van der Waals surface area contributed by atoms with Gasteiger partial charge in [0.2, 0.25) is 0 Å². The number of hydrogen-bond donors (Lipinski definition) is 2. The number of nitrogens with zero attached hydrogens (tertiary/aromatic N) is 1. The molecule has 0 spiro atoms. The molecule has 1 aliphatic rings. The average Bonchev–Trinajstić information content (AvgIpc) is 2.83. The van der Waals surface area contributed by atoms with E-state index in [4.69, 9.17) is 16.7 Å². The van der Waals surface area contributed by atoms with Crippen LogP contribution in [0.1, 0.15) is 6.42 Å². The number of likely N-dealkylation sites (tertiary alicyclic amines) is 1. The highest BCUT2D eigenvalue weighted by atomic mass is 35.5. The van der Waals surface area contributed by atoms with E-state index >= 15 is 0 Å². The molecule has 0 radical (unpaired) electrons. The number of rotatable bonds is 2. The summed E-state index contributed by atoms with van der Waals surface area (Å²) in [6.07, 6.45) is 0.766. The molecule has 1 unspecified atom stereocenters. The Morgan fingerprint density at radius 3 is 3.06 bits per heavy atom. The molecule has 1 atom stereocenters. The van der Waals surface area contributed by atoms with Gasteiger partial charge < -0.3 is 15.3 Å². The first-order chi connectivity index (χ1) is 8.61. The van der Waals surface area contributed by atoms with Crippen molar-refractivity contribution >= 4 is 23.3 Å². The zero-order valence-electron chi connectivity index (χ0n) is 9.70. The molecule has 1 heterocycles. The van der Waals surface area contributed by atoms with Crippen molar-refractivity contribution in [3.05, 3.63) is 29.0 Å². The lowest BCUT2D eigenvalue weighted by molar-refractivity contribution is 0.208. The fourth-order valence-electron chi connectivity index (χ4n) is 1.96. The number of carbonyl (C=O) groups is 1. The third-order valence-corrected chi connectivity index (χ3v) is 3.32. The van der Waals surface area contributed by atoms with Crippen molar-refractivity contribution in [1.29, 1.82) is 0 Å².